The first-order valence-corrected chi connectivity index (χ1v) is 7.80. The van der Waals surface area contributed by atoms with Gasteiger partial charge in [0.25, 0.3) is 11.8 Å². The van der Waals surface area contributed by atoms with Crippen molar-refractivity contribution < 1.29 is 14.3 Å². The Morgan fingerprint density at radius 2 is 1.88 bits per heavy atom. The van der Waals surface area contributed by atoms with Gasteiger partial charge in [-0.2, -0.15) is 0 Å². The minimum atomic E-state index is -0.661. The molecule has 0 spiro atoms. The van der Waals surface area contributed by atoms with Gasteiger partial charge in [0.1, 0.15) is 5.75 Å². The highest BCUT2D eigenvalue weighted by molar-refractivity contribution is 6.31. The highest BCUT2D eigenvalue weighted by atomic mass is 35.5. The van der Waals surface area contributed by atoms with E-state index in [4.69, 9.17) is 22.1 Å². The van der Waals surface area contributed by atoms with Gasteiger partial charge in [0, 0.05) is 12.1 Å². The molecular weight excluding hydrogens is 328 g/mol. The average molecular weight is 347 g/mol. The Bertz CT molecular complexity index is 734. The van der Waals surface area contributed by atoms with E-state index in [9.17, 15) is 9.59 Å². The maximum atomic E-state index is 12.3. The number of ether oxygens (including phenoxy) is 1. The number of amides is 2. The van der Waals surface area contributed by atoms with E-state index in [1.54, 1.807) is 18.0 Å². The zero-order chi connectivity index (χ0) is 17.7. The number of benzene rings is 2. The molecule has 0 aliphatic heterocycles. The van der Waals surface area contributed by atoms with Crippen LogP contribution in [0.25, 0.3) is 0 Å². The van der Waals surface area contributed by atoms with E-state index in [1.807, 2.05) is 37.3 Å². The number of nitrogens with zero attached hydrogens (tertiary/aromatic N) is 1. The molecule has 0 saturated heterocycles. The molecule has 6 heteroatoms. The zero-order valence-corrected chi connectivity index (χ0v) is 14.3. The Hall–Kier alpha value is -2.53. The molecule has 0 radical (unpaired) electrons. The van der Waals surface area contributed by atoms with Crippen molar-refractivity contribution in [3.63, 3.8) is 0 Å². The van der Waals surface area contributed by atoms with Crippen LogP contribution in [-0.4, -0.2) is 30.4 Å². The Kier molecular flexibility index (Phi) is 5.82. The van der Waals surface area contributed by atoms with Crippen molar-refractivity contribution in [2.24, 2.45) is 5.73 Å². The van der Waals surface area contributed by atoms with Gasteiger partial charge < -0.3 is 15.4 Å². The summed E-state index contributed by atoms with van der Waals surface area (Å²) >= 11 is 5.84. The molecule has 126 valence electrons. The predicted octanol–water partition coefficient (Wildman–Crippen LogP) is 3.04. The summed E-state index contributed by atoms with van der Waals surface area (Å²) in [6, 6.07) is 14.1. The topological polar surface area (TPSA) is 72.6 Å². The number of likely N-dealkylation sites (N-methyl/N-ethyl adjacent to an activating group) is 1. The fourth-order valence-electron chi connectivity index (χ4n) is 2.23. The number of carbonyl (C=O) groups is 2. The molecule has 0 unspecified atom stereocenters. The van der Waals surface area contributed by atoms with Crippen molar-refractivity contribution in [1.82, 2.24) is 4.90 Å². The summed E-state index contributed by atoms with van der Waals surface area (Å²) in [6.07, 6.45) is 0. The second-order valence-corrected chi connectivity index (χ2v) is 5.82. The highest BCUT2D eigenvalue weighted by Gasteiger charge is 2.19. The molecule has 2 aromatic rings. The molecule has 5 nitrogen and oxygen atoms in total. The van der Waals surface area contributed by atoms with Crippen LogP contribution in [0.5, 0.6) is 5.75 Å². The summed E-state index contributed by atoms with van der Waals surface area (Å²) in [4.78, 5) is 25.4. The maximum Gasteiger partial charge on any atom is 0.260 e. The number of rotatable bonds is 6. The quantitative estimate of drug-likeness (QED) is 0.873. The number of hydrogen-bond acceptors (Lipinski definition) is 3. The summed E-state index contributed by atoms with van der Waals surface area (Å²) in [5, 5.41) is 0.372. The number of primary amides is 1. The van der Waals surface area contributed by atoms with Gasteiger partial charge in [0.2, 0.25) is 0 Å². The van der Waals surface area contributed by atoms with E-state index >= 15 is 0 Å². The first-order chi connectivity index (χ1) is 11.4. The molecule has 1 atom stereocenters. The molecule has 0 aliphatic carbocycles. The summed E-state index contributed by atoms with van der Waals surface area (Å²) < 4.78 is 5.47. The lowest BCUT2D eigenvalue weighted by Gasteiger charge is -2.25. The molecule has 0 saturated carbocycles. The maximum absolute atomic E-state index is 12.3. The monoisotopic (exact) mass is 346 g/mol. The van der Waals surface area contributed by atoms with Crippen LogP contribution in [0.1, 0.15) is 28.9 Å². The minimum absolute atomic E-state index is 0.0943. The van der Waals surface area contributed by atoms with Gasteiger partial charge in [0.05, 0.1) is 11.6 Å². The van der Waals surface area contributed by atoms with Gasteiger partial charge in [-0.05, 0) is 30.7 Å². The van der Waals surface area contributed by atoms with Crippen molar-refractivity contribution in [2.75, 3.05) is 13.7 Å². The van der Waals surface area contributed by atoms with Crippen molar-refractivity contribution in [1.29, 1.82) is 0 Å². The summed E-state index contributed by atoms with van der Waals surface area (Å²) in [7, 11) is 1.71. The zero-order valence-electron chi connectivity index (χ0n) is 13.5. The van der Waals surface area contributed by atoms with Gasteiger partial charge >= 0.3 is 0 Å². The van der Waals surface area contributed by atoms with Crippen molar-refractivity contribution in [2.45, 2.75) is 13.0 Å². The van der Waals surface area contributed by atoms with Crippen LogP contribution >= 0.6 is 11.6 Å². The average Bonchev–Trinajstić information content (AvgIpc) is 2.59. The van der Waals surface area contributed by atoms with Crippen LogP contribution in [0.4, 0.5) is 0 Å². The lowest BCUT2D eigenvalue weighted by molar-refractivity contribution is -0.134. The van der Waals surface area contributed by atoms with E-state index in [2.05, 4.69) is 0 Å². The molecule has 0 aliphatic rings. The molecule has 2 rings (SSSR count). The molecule has 0 fully saturated rings. The van der Waals surface area contributed by atoms with Gasteiger partial charge in [-0.1, -0.05) is 41.9 Å². The van der Waals surface area contributed by atoms with Crippen LogP contribution in [0, 0.1) is 0 Å². The van der Waals surface area contributed by atoms with Gasteiger partial charge in [-0.25, -0.2) is 0 Å². The molecule has 2 aromatic carbocycles. The fraction of sp³-hybridized carbons (Fsp3) is 0.222. The van der Waals surface area contributed by atoms with Crippen LogP contribution in [0.15, 0.2) is 48.5 Å². The highest BCUT2D eigenvalue weighted by Crippen LogP contribution is 2.23. The lowest BCUT2D eigenvalue weighted by Crippen LogP contribution is -2.33. The summed E-state index contributed by atoms with van der Waals surface area (Å²) in [5.41, 5.74) is 6.47. The molecule has 24 heavy (non-hydrogen) atoms. The van der Waals surface area contributed by atoms with Crippen LogP contribution in [-0.2, 0) is 4.79 Å². The summed E-state index contributed by atoms with van der Waals surface area (Å²) in [6.45, 7) is 1.74. The Labute approximate surface area is 146 Å². The largest absolute Gasteiger partial charge is 0.483 e. The molecule has 0 aromatic heterocycles. The van der Waals surface area contributed by atoms with Crippen molar-refractivity contribution >= 4 is 23.4 Å². The van der Waals surface area contributed by atoms with E-state index in [-0.39, 0.29) is 29.9 Å². The van der Waals surface area contributed by atoms with E-state index in [0.717, 1.165) is 5.56 Å². The molecular formula is C18H19ClN2O3. The third kappa shape index (κ3) is 4.26. The second kappa shape index (κ2) is 7.84. The number of nitrogens with two attached hydrogens (primary N) is 1. The first-order valence-electron chi connectivity index (χ1n) is 7.43. The number of hydrogen-bond donors (Lipinski definition) is 1. The van der Waals surface area contributed by atoms with Crippen molar-refractivity contribution in [3.05, 3.63) is 64.7 Å². The Morgan fingerprint density at radius 1 is 1.21 bits per heavy atom. The summed E-state index contributed by atoms with van der Waals surface area (Å²) in [5.74, 6) is -0.635. The van der Waals surface area contributed by atoms with Crippen LogP contribution in [0.2, 0.25) is 5.02 Å². The van der Waals surface area contributed by atoms with E-state index < -0.39 is 5.91 Å². The SMILES string of the molecule is C[C@@H](c1ccccc1)N(C)C(=O)COc1ccc(Cl)cc1C(N)=O. The lowest BCUT2D eigenvalue weighted by atomic mass is 10.1. The Morgan fingerprint density at radius 3 is 2.50 bits per heavy atom. The van der Waals surface area contributed by atoms with Crippen molar-refractivity contribution in [3.8, 4) is 5.75 Å². The molecule has 0 heterocycles. The fourth-order valence-corrected chi connectivity index (χ4v) is 2.41. The van der Waals surface area contributed by atoms with Crippen LogP contribution in [0.3, 0.4) is 0 Å². The third-order valence-electron chi connectivity index (χ3n) is 3.81. The van der Waals surface area contributed by atoms with Gasteiger partial charge in [-0.3, -0.25) is 9.59 Å². The molecule has 2 N–H and O–H groups in total. The van der Waals surface area contributed by atoms with Crippen LogP contribution < -0.4 is 10.5 Å². The predicted molar refractivity (Wildman–Crippen MR) is 93.1 cm³/mol. The molecule has 0 bridgehead atoms. The number of halogens is 1. The smallest absolute Gasteiger partial charge is 0.260 e. The molecule has 2 amide bonds. The normalized spacial score (nSPS) is 11.6. The van der Waals surface area contributed by atoms with Gasteiger partial charge in [-0.15, -0.1) is 0 Å². The van der Waals surface area contributed by atoms with E-state index in [1.165, 1.54) is 12.1 Å². The van der Waals surface area contributed by atoms with E-state index in [0.29, 0.717) is 5.02 Å². The first kappa shape index (κ1) is 17.8. The van der Waals surface area contributed by atoms with Gasteiger partial charge in [0.15, 0.2) is 6.61 Å². The third-order valence-corrected chi connectivity index (χ3v) is 4.05. The standard InChI is InChI=1S/C18H19ClN2O3/c1-12(13-6-4-3-5-7-13)21(2)17(22)11-24-16-9-8-14(19)10-15(16)18(20)23/h3-10,12H,11H2,1-2H3,(H2,20,23)/t12-/m0/s1. The second-order valence-electron chi connectivity index (χ2n) is 5.38. The minimum Gasteiger partial charge on any atom is -0.483 e. The number of carbonyl (C=O) groups excluding carboxylic acids is 2. The Balaban J connectivity index is 2.04.